The Labute approximate surface area is 170 Å². The molecule has 0 fully saturated rings. The summed E-state index contributed by atoms with van der Waals surface area (Å²) in [7, 11) is 0. The van der Waals surface area contributed by atoms with E-state index in [4.69, 9.17) is 9.47 Å². The molecular formula is C26H34O2. The van der Waals surface area contributed by atoms with Crippen LogP contribution in [0, 0.1) is 20.8 Å². The molecule has 1 atom stereocenters. The van der Waals surface area contributed by atoms with E-state index < -0.39 is 0 Å². The second kappa shape index (κ2) is 8.43. The molecule has 1 aliphatic rings. The SMILES string of the molecule is CC(C)=CCCC1(C)CCc2c(C)c(OCc3ccccc3)c(C)c(C)c2O1. The first-order valence-corrected chi connectivity index (χ1v) is 10.4. The van der Waals surface area contributed by atoms with Gasteiger partial charge in [-0.2, -0.15) is 0 Å². The number of fused-ring (bicyclic) bond motifs is 1. The minimum atomic E-state index is -0.0883. The molecule has 0 aromatic heterocycles. The lowest BCUT2D eigenvalue weighted by Crippen LogP contribution is -2.37. The molecule has 0 N–H and O–H groups in total. The Morgan fingerprint density at radius 1 is 1.07 bits per heavy atom. The molecule has 2 aromatic rings. The predicted octanol–water partition coefficient (Wildman–Crippen LogP) is 7.02. The summed E-state index contributed by atoms with van der Waals surface area (Å²) in [5.41, 5.74) is 7.46. The highest BCUT2D eigenvalue weighted by Crippen LogP contribution is 2.45. The highest BCUT2D eigenvalue weighted by Gasteiger charge is 2.34. The van der Waals surface area contributed by atoms with Crippen molar-refractivity contribution in [1.29, 1.82) is 0 Å². The Morgan fingerprint density at radius 3 is 2.46 bits per heavy atom. The molecule has 0 radical (unpaired) electrons. The van der Waals surface area contributed by atoms with Crippen molar-refractivity contribution >= 4 is 0 Å². The van der Waals surface area contributed by atoms with Gasteiger partial charge in [0.1, 0.15) is 23.7 Å². The number of hydrogen-bond donors (Lipinski definition) is 0. The van der Waals surface area contributed by atoms with Crippen LogP contribution in [0.25, 0.3) is 0 Å². The van der Waals surface area contributed by atoms with Crippen LogP contribution >= 0.6 is 0 Å². The topological polar surface area (TPSA) is 18.5 Å². The van der Waals surface area contributed by atoms with Crippen LogP contribution in [0.15, 0.2) is 42.0 Å². The van der Waals surface area contributed by atoms with Crippen molar-refractivity contribution in [2.45, 2.75) is 79.4 Å². The maximum absolute atomic E-state index is 6.63. The fourth-order valence-electron chi connectivity index (χ4n) is 4.07. The molecular weight excluding hydrogens is 344 g/mol. The monoisotopic (exact) mass is 378 g/mol. The van der Waals surface area contributed by atoms with Crippen molar-refractivity contribution < 1.29 is 9.47 Å². The summed E-state index contributed by atoms with van der Waals surface area (Å²) in [6, 6.07) is 10.4. The first-order valence-electron chi connectivity index (χ1n) is 10.4. The van der Waals surface area contributed by atoms with Crippen molar-refractivity contribution in [3.05, 3.63) is 69.8 Å². The van der Waals surface area contributed by atoms with Crippen LogP contribution < -0.4 is 9.47 Å². The number of hydrogen-bond acceptors (Lipinski definition) is 2. The molecule has 0 aliphatic carbocycles. The highest BCUT2D eigenvalue weighted by molar-refractivity contribution is 5.59. The molecule has 2 aromatic carbocycles. The average molecular weight is 379 g/mol. The molecule has 1 heterocycles. The Morgan fingerprint density at radius 2 is 1.79 bits per heavy atom. The standard InChI is InChI=1S/C26H34O2/c1-18(2)11-10-15-26(6)16-14-23-21(5)24(19(3)20(4)25(23)28-26)27-17-22-12-8-7-9-13-22/h7-9,11-13H,10,14-17H2,1-6H3. The average Bonchev–Trinajstić information content (AvgIpc) is 2.66. The lowest BCUT2D eigenvalue weighted by atomic mass is 9.85. The highest BCUT2D eigenvalue weighted by atomic mass is 16.5. The van der Waals surface area contributed by atoms with E-state index in [-0.39, 0.29) is 5.60 Å². The molecule has 0 saturated heterocycles. The largest absolute Gasteiger partial charge is 0.488 e. The Balaban J connectivity index is 1.83. The van der Waals surface area contributed by atoms with Gasteiger partial charge in [-0.05, 0) is 89.5 Å². The number of ether oxygens (including phenoxy) is 2. The van der Waals surface area contributed by atoms with Gasteiger partial charge in [0.15, 0.2) is 0 Å². The fourth-order valence-corrected chi connectivity index (χ4v) is 4.07. The maximum Gasteiger partial charge on any atom is 0.127 e. The van der Waals surface area contributed by atoms with Crippen LogP contribution in [-0.4, -0.2) is 5.60 Å². The van der Waals surface area contributed by atoms with Crippen LogP contribution in [0.2, 0.25) is 0 Å². The summed E-state index contributed by atoms with van der Waals surface area (Å²) in [5, 5.41) is 0. The van der Waals surface area contributed by atoms with E-state index in [0.29, 0.717) is 6.61 Å². The first kappa shape index (κ1) is 20.5. The van der Waals surface area contributed by atoms with Gasteiger partial charge in [-0.1, -0.05) is 42.0 Å². The number of benzene rings is 2. The van der Waals surface area contributed by atoms with Crippen LogP contribution in [0.5, 0.6) is 11.5 Å². The zero-order valence-electron chi connectivity index (χ0n) is 18.3. The molecule has 0 amide bonds. The summed E-state index contributed by atoms with van der Waals surface area (Å²) in [4.78, 5) is 0. The summed E-state index contributed by atoms with van der Waals surface area (Å²) in [6.45, 7) is 13.7. The molecule has 0 saturated carbocycles. The van der Waals surface area contributed by atoms with Crippen LogP contribution in [0.3, 0.4) is 0 Å². The fraction of sp³-hybridized carbons (Fsp3) is 0.462. The minimum absolute atomic E-state index is 0.0883. The van der Waals surface area contributed by atoms with Crippen molar-refractivity contribution in [2.75, 3.05) is 0 Å². The first-order chi connectivity index (χ1) is 13.3. The van der Waals surface area contributed by atoms with Crippen LogP contribution in [-0.2, 0) is 13.0 Å². The van der Waals surface area contributed by atoms with E-state index in [1.54, 1.807) is 0 Å². The van der Waals surface area contributed by atoms with Gasteiger partial charge in [-0.15, -0.1) is 0 Å². The quantitative estimate of drug-likeness (QED) is 0.503. The zero-order chi connectivity index (χ0) is 20.3. The van der Waals surface area contributed by atoms with Crippen molar-refractivity contribution in [2.24, 2.45) is 0 Å². The molecule has 2 heteroatoms. The molecule has 0 spiro atoms. The summed E-state index contributed by atoms with van der Waals surface area (Å²) >= 11 is 0. The maximum atomic E-state index is 6.63. The third-order valence-corrected chi connectivity index (χ3v) is 6.02. The predicted molar refractivity (Wildman–Crippen MR) is 117 cm³/mol. The Bertz CT molecular complexity index is 860. The molecule has 3 rings (SSSR count). The third kappa shape index (κ3) is 4.43. The third-order valence-electron chi connectivity index (χ3n) is 6.02. The summed E-state index contributed by atoms with van der Waals surface area (Å²) in [6.07, 6.45) is 6.55. The molecule has 0 bridgehead atoms. The van der Waals surface area contributed by atoms with Gasteiger partial charge >= 0.3 is 0 Å². The van der Waals surface area contributed by atoms with E-state index in [1.807, 2.05) is 6.07 Å². The van der Waals surface area contributed by atoms with Gasteiger partial charge in [-0.3, -0.25) is 0 Å². The van der Waals surface area contributed by atoms with E-state index in [2.05, 4.69) is 71.9 Å². The number of allylic oxidation sites excluding steroid dienone is 2. The van der Waals surface area contributed by atoms with E-state index in [0.717, 1.165) is 37.2 Å². The van der Waals surface area contributed by atoms with E-state index in [9.17, 15) is 0 Å². The number of rotatable bonds is 6. The summed E-state index contributed by atoms with van der Waals surface area (Å²) < 4.78 is 12.9. The van der Waals surface area contributed by atoms with Gasteiger partial charge in [0, 0.05) is 5.56 Å². The molecule has 1 aliphatic heterocycles. The van der Waals surface area contributed by atoms with E-state index in [1.165, 1.54) is 33.4 Å². The smallest absolute Gasteiger partial charge is 0.127 e. The molecule has 2 nitrogen and oxygen atoms in total. The van der Waals surface area contributed by atoms with Crippen LogP contribution in [0.1, 0.15) is 67.9 Å². The Kier molecular flexibility index (Phi) is 6.17. The van der Waals surface area contributed by atoms with Crippen molar-refractivity contribution in [3.8, 4) is 11.5 Å². The molecule has 28 heavy (non-hydrogen) atoms. The van der Waals surface area contributed by atoms with Crippen molar-refractivity contribution in [1.82, 2.24) is 0 Å². The normalized spacial score (nSPS) is 18.2. The Hall–Kier alpha value is -2.22. The zero-order valence-corrected chi connectivity index (χ0v) is 18.3. The van der Waals surface area contributed by atoms with Crippen molar-refractivity contribution in [3.63, 3.8) is 0 Å². The van der Waals surface area contributed by atoms with Gasteiger partial charge in [0.2, 0.25) is 0 Å². The second-order valence-corrected chi connectivity index (χ2v) is 8.66. The molecule has 150 valence electrons. The van der Waals surface area contributed by atoms with Gasteiger partial charge in [0.05, 0.1) is 0 Å². The lowest BCUT2D eigenvalue weighted by Gasteiger charge is -2.38. The van der Waals surface area contributed by atoms with Crippen LogP contribution in [0.4, 0.5) is 0 Å². The molecule has 1 unspecified atom stereocenters. The minimum Gasteiger partial charge on any atom is -0.488 e. The second-order valence-electron chi connectivity index (χ2n) is 8.66. The van der Waals surface area contributed by atoms with E-state index >= 15 is 0 Å². The lowest BCUT2D eigenvalue weighted by molar-refractivity contribution is 0.0558. The van der Waals surface area contributed by atoms with Gasteiger partial charge < -0.3 is 9.47 Å². The van der Waals surface area contributed by atoms with Gasteiger partial charge in [-0.25, -0.2) is 0 Å². The summed E-state index contributed by atoms with van der Waals surface area (Å²) in [5.74, 6) is 2.12. The van der Waals surface area contributed by atoms with Gasteiger partial charge in [0.25, 0.3) is 0 Å².